The Balaban J connectivity index is 1.30. The van der Waals surface area contributed by atoms with E-state index in [-0.39, 0.29) is 29.8 Å². The molecule has 5 heterocycles. The maximum atomic E-state index is 13.5. The van der Waals surface area contributed by atoms with Crippen molar-refractivity contribution in [3.63, 3.8) is 0 Å². The molecule has 0 aromatic carbocycles. The number of piperidine rings is 1. The lowest BCUT2D eigenvalue weighted by molar-refractivity contribution is -0.148. The number of nitrogens with zero attached hydrogens (tertiary/aromatic N) is 5. The van der Waals surface area contributed by atoms with Crippen LogP contribution in [0.2, 0.25) is 10.0 Å². The number of halogens is 2. The van der Waals surface area contributed by atoms with Crippen molar-refractivity contribution >= 4 is 79.8 Å². The fourth-order valence-electron chi connectivity index (χ4n) is 6.26. The van der Waals surface area contributed by atoms with E-state index in [1.54, 1.807) is 18.0 Å². The van der Waals surface area contributed by atoms with Gasteiger partial charge in [-0.3, -0.25) is 14.9 Å². The second kappa shape index (κ2) is 15.8. The molecule has 11 nitrogen and oxygen atoms in total. The predicted molar refractivity (Wildman–Crippen MR) is 198 cm³/mol. The molecular formula is C34H44Cl2N6O5S2. The summed E-state index contributed by atoms with van der Waals surface area (Å²) in [6.07, 6.45) is 3.44. The molecule has 49 heavy (non-hydrogen) atoms. The van der Waals surface area contributed by atoms with Gasteiger partial charge in [-0.15, -0.1) is 11.3 Å². The van der Waals surface area contributed by atoms with Crippen molar-refractivity contribution in [3.05, 3.63) is 39.3 Å². The normalized spacial score (nSPS) is 18.4. The molecule has 266 valence electrons. The van der Waals surface area contributed by atoms with Crippen LogP contribution in [0.1, 0.15) is 64.2 Å². The summed E-state index contributed by atoms with van der Waals surface area (Å²) in [5, 5.41) is 7.20. The molecule has 1 N–H and O–H groups in total. The van der Waals surface area contributed by atoms with Gasteiger partial charge in [-0.25, -0.2) is 14.8 Å². The molecule has 2 aliphatic heterocycles. The third-order valence-electron chi connectivity index (χ3n) is 8.73. The van der Waals surface area contributed by atoms with E-state index >= 15 is 0 Å². The van der Waals surface area contributed by atoms with Crippen LogP contribution in [0.5, 0.6) is 0 Å². The summed E-state index contributed by atoms with van der Waals surface area (Å²) in [6.45, 7) is 13.3. The van der Waals surface area contributed by atoms with Gasteiger partial charge >= 0.3 is 12.1 Å². The highest BCUT2D eigenvalue weighted by molar-refractivity contribution is 7.21. The molecule has 0 saturated carbocycles. The number of pyridine rings is 1. The third kappa shape index (κ3) is 9.16. The zero-order valence-electron chi connectivity index (χ0n) is 28.8. The molecule has 2 aliphatic rings. The van der Waals surface area contributed by atoms with E-state index < -0.39 is 5.60 Å². The van der Waals surface area contributed by atoms with Crippen molar-refractivity contribution in [2.45, 2.75) is 59.5 Å². The van der Waals surface area contributed by atoms with E-state index in [0.29, 0.717) is 71.6 Å². The Morgan fingerprint density at radius 3 is 2.41 bits per heavy atom. The topological polar surface area (TPSA) is 117 Å². The molecule has 2 amide bonds. The predicted octanol–water partition coefficient (Wildman–Crippen LogP) is 7.93. The van der Waals surface area contributed by atoms with E-state index in [1.165, 1.54) is 28.9 Å². The zero-order chi connectivity index (χ0) is 35.5. The smallest absolute Gasteiger partial charge is 0.410 e. The van der Waals surface area contributed by atoms with E-state index in [9.17, 15) is 14.4 Å². The first kappa shape index (κ1) is 37.1. The van der Waals surface area contributed by atoms with Gasteiger partial charge in [0.1, 0.15) is 22.1 Å². The fourth-order valence-corrected chi connectivity index (χ4v) is 8.67. The first-order valence-corrected chi connectivity index (χ1v) is 19.0. The first-order chi connectivity index (χ1) is 23.3. The van der Waals surface area contributed by atoms with Gasteiger partial charge in [-0.1, -0.05) is 47.9 Å². The van der Waals surface area contributed by atoms with Gasteiger partial charge < -0.3 is 24.2 Å². The third-order valence-corrected chi connectivity index (χ3v) is 11.3. The highest BCUT2D eigenvalue weighted by Gasteiger charge is 2.36. The maximum absolute atomic E-state index is 13.5. The minimum atomic E-state index is -0.565. The number of anilines is 3. The van der Waals surface area contributed by atoms with Crippen molar-refractivity contribution in [2.24, 2.45) is 17.8 Å². The molecule has 2 saturated heterocycles. The molecule has 0 bridgehead atoms. The first-order valence-electron chi connectivity index (χ1n) is 16.6. The quantitative estimate of drug-likeness (QED) is 0.206. The summed E-state index contributed by atoms with van der Waals surface area (Å²) in [5.74, 6) is 0.501. The molecule has 0 aliphatic carbocycles. The molecule has 2 fully saturated rings. The van der Waals surface area contributed by atoms with Gasteiger partial charge in [0, 0.05) is 51.3 Å². The number of thiazole rings is 1. The number of aromatic nitrogens is 2. The lowest BCUT2D eigenvalue weighted by Gasteiger charge is -2.32. The molecular weight excluding hydrogens is 707 g/mol. The van der Waals surface area contributed by atoms with Crippen LogP contribution in [0.25, 0.3) is 10.6 Å². The highest BCUT2D eigenvalue weighted by atomic mass is 35.5. The monoisotopic (exact) mass is 750 g/mol. The van der Waals surface area contributed by atoms with Gasteiger partial charge in [0.15, 0.2) is 5.13 Å². The molecule has 2 unspecified atom stereocenters. The Morgan fingerprint density at radius 1 is 1.08 bits per heavy atom. The molecule has 3 aromatic heterocycles. The molecule has 5 rings (SSSR count). The summed E-state index contributed by atoms with van der Waals surface area (Å²) < 4.78 is 10.8. The fraction of sp³-hybridized carbons (Fsp3) is 0.559. The van der Waals surface area contributed by atoms with Crippen molar-refractivity contribution in [2.75, 3.05) is 61.5 Å². The van der Waals surface area contributed by atoms with E-state index in [2.05, 4.69) is 22.1 Å². The summed E-state index contributed by atoms with van der Waals surface area (Å²) in [6, 6.07) is 3.50. The van der Waals surface area contributed by atoms with Crippen LogP contribution in [-0.2, 0) is 14.3 Å². The second-order valence-corrected chi connectivity index (χ2v) is 16.2. The van der Waals surface area contributed by atoms with Gasteiger partial charge in [-0.05, 0) is 64.5 Å². The van der Waals surface area contributed by atoms with Crippen molar-refractivity contribution in [1.29, 1.82) is 0 Å². The average molecular weight is 752 g/mol. The number of esters is 1. The SMILES string of the molecule is CCOC(=O)C1CCN(c2ncc(C(=O)Nc3nc(-c4cc(Cl)cs4)c(N4CC(CC)C(CN(C)C(=O)OC(C)(C)C)C4)s3)cc2Cl)CC1. The van der Waals surface area contributed by atoms with Crippen LogP contribution in [0.4, 0.5) is 20.7 Å². The second-order valence-electron chi connectivity index (χ2n) is 13.5. The Morgan fingerprint density at radius 2 is 1.80 bits per heavy atom. The number of carbonyl (C=O) groups excluding carboxylic acids is 3. The number of thiophene rings is 1. The number of carbonyl (C=O) groups is 3. The van der Waals surface area contributed by atoms with Gasteiger partial charge in [0.05, 0.1) is 33.0 Å². The summed E-state index contributed by atoms with van der Waals surface area (Å²) >= 11 is 15.9. The van der Waals surface area contributed by atoms with E-state index in [0.717, 1.165) is 35.1 Å². The molecule has 3 aromatic rings. The Labute approximate surface area is 305 Å². The van der Waals surface area contributed by atoms with Gasteiger partial charge in [0.25, 0.3) is 5.91 Å². The van der Waals surface area contributed by atoms with Crippen LogP contribution in [0.3, 0.4) is 0 Å². The maximum Gasteiger partial charge on any atom is 0.410 e. The largest absolute Gasteiger partial charge is 0.466 e. The van der Waals surface area contributed by atoms with E-state index in [4.69, 9.17) is 37.7 Å². The minimum Gasteiger partial charge on any atom is -0.466 e. The van der Waals surface area contributed by atoms with Crippen molar-refractivity contribution in [3.8, 4) is 10.6 Å². The molecule has 15 heteroatoms. The summed E-state index contributed by atoms with van der Waals surface area (Å²) in [5.41, 5.74) is 0.501. The van der Waals surface area contributed by atoms with Crippen molar-refractivity contribution in [1.82, 2.24) is 14.9 Å². The number of ether oxygens (including phenoxy) is 2. The van der Waals surface area contributed by atoms with Crippen LogP contribution < -0.4 is 15.1 Å². The standard InChI is InChI=1S/C34H44Cl2N6O5S2/c1-7-20-17-42(18-23(20)16-40(6)33(45)47-34(3,4)5)30-27(26-14-24(35)19-48-26)38-32(49-30)39-29(43)22-13-25(36)28(37-15-22)41-11-9-21(10-12-41)31(44)46-8-2/h13-15,19-21,23H,7-12,16-18H2,1-6H3,(H,38,39,43). The number of hydrogen-bond donors (Lipinski definition) is 1. The van der Waals surface area contributed by atoms with Gasteiger partial charge in [0.2, 0.25) is 0 Å². The van der Waals surface area contributed by atoms with E-state index in [1.807, 2.05) is 44.0 Å². The van der Waals surface area contributed by atoms with Crippen LogP contribution in [-0.4, -0.2) is 84.8 Å². The number of rotatable bonds is 10. The molecule has 0 spiro atoms. The van der Waals surface area contributed by atoms with Crippen molar-refractivity contribution < 1.29 is 23.9 Å². The van der Waals surface area contributed by atoms with Crippen LogP contribution in [0, 0.1) is 17.8 Å². The molecule has 2 atom stereocenters. The summed E-state index contributed by atoms with van der Waals surface area (Å²) in [4.78, 5) is 54.6. The van der Waals surface area contributed by atoms with Crippen LogP contribution >= 0.6 is 45.9 Å². The Hall–Kier alpha value is -3.13. The zero-order valence-corrected chi connectivity index (χ0v) is 31.9. The number of hydrogen-bond acceptors (Lipinski definition) is 11. The highest BCUT2D eigenvalue weighted by Crippen LogP contribution is 2.45. The number of amides is 2. The van der Waals surface area contributed by atoms with Crippen LogP contribution in [0.15, 0.2) is 23.7 Å². The van der Waals surface area contributed by atoms with Gasteiger partial charge in [-0.2, -0.15) is 0 Å². The minimum absolute atomic E-state index is 0.129. The summed E-state index contributed by atoms with van der Waals surface area (Å²) in [7, 11) is 1.78. The lowest BCUT2D eigenvalue weighted by Crippen LogP contribution is -2.38. The Bertz CT molecular complexity index is 1650. The average Bonchev–Trinajstić information content (AvgIpc) is 3.78. The Kier molecular flexibility index (Phi) is 12.0. The lowest BCUT2D eigenvalue weighted by atomic mass is 9.93. The molecule has 0 radical (unpaired) electrons. The number of nitrogens with one attached hydrogen (secondary N) is 1.